The molecule has 2 heterocycles. The number of guanidine groups is 1. The van der Waals surface area contributed by atoms with Crippen molar-refractivity contribution in [1.82, 2.24) is 15.1 Å². The van der Waals surface area contributed by atoms with E-state index < -0.39 is 14.6 Å². The Morgan fingerprint density at radius 3 is 2.72 bits per heavy atom. The normalized spacial score (nSPS) is 21.4. The number of hydrogen-bond acceptors (Lipinski definition) is 5. The molecule has 0 aliphatic carbocycles. The Hall–Kier alpha value is -1.54. The Kier molecular flexibility index (Phi) is 6.16. The van der Waals surface area contributed by atoms with E-state index in [-0.39, 0.29) is 11.8 Å². The Bertz CT molecular complexity index is 681. The highest BCUT2D eigenvalue weighted by Crippen LogP contribution is 2.24. The molecule has 8 heteroatoms. The van der Waals surface area contributed by atoms with Crippen molar-refractivity contribution < 1.29 is 12.8 Å². The van der Waals surface area contributed by atoms with Gasteiger partial charge in [-0.15, -0.1) is 0 Å². The molecule has 0 spiro atoms. The second-order valence-electron chi connectivity index (χ2n) is 7.19. The van der Waals surface area contributed by atoms with E-state index >= 15 is 0 Å². The van der Waals surface area contributed by atoms with Crippen molar-refractivity contribution in [3.05, 3.63) is 24.2 Å². The summed E-state index contributed by atoms with van der Waals surface area (Å²) in [6, 6.07) is 3.85. The van der Waals surface area contributed by atoms with Gasteiger partial charge in [-0.1, -0.05) is 0 Å². The van der Waals surface area contributed by atoms with Gasteiger partial charge >= 0.3 is 0 Å². The number of hydrogen-bond donors (Lipinski definition) is 1. The zero-order valence-corrected chi connectivity index (χ0v) is 16.6. The summed E-state index contributed by atoms with van der Waals surface area (Å²) in [4.78, 5) is 8.87. The van der Waals surface area contributed by atoms with Crippen molar-refractivity contribution >= 4 is 15.8 Å². The molecule has 1 atom stereocenters. The number of rotatable bonds is 5. The lowest BCUT2D eigenvalue weighted by Gasteiger charge is -2.39. The van der Waals surface area contributed by atoms with Crippen LogP contribution in [0.25, 0.3) is 0 Å². The molecule has 7 nitrogen and oxygen atoms in total. The molecular weight excluding hydrogens is 340 g/mol. The van der Waals surface area contributed by atoms with Crippen molar-refractivity contribution in [2.75, 3.05) is 46.0 Å². The number of aliphatic imine (C=N–C) groups is 1. The summed E-state index contributed by atoms with van der Waals surface area (Å²) in [6.07, 6.45) is 1.67. The summed E-state index contributed by atoms with van der Waals surface area (Å²) in [7, 11) is 0.914. The SMILES string of the molecule is CCNC(=NCC(c1ccco1)N(C)C)N1CCS(=O)(=O)C(C)(C)C1. The molecule has 1 aliphatic rings. The van der Waals surface area contributed by atoms with E-state index in [2.05, 4.69) is 10.2 Å². The monoisotopic (exact) mass is 370 g/mol. The van der Waals surface area contributed by atoms with Gasteiger partial charge in [0.1, 0.15) is 5.76 Å². The van der Waals surface area contributed by atoms with E-state index in [0.717, 1.165) is 18.3 Å². The van der Waals surface area contributed by atoms with Crippen LogP contribution in [0.5, 0.6) is 0 Å². The third-order valence-electron chi connectivity index (χ3n) is 4.59. The molecule has 1 saturated heterocycles. The molecule has 1 fully saturated rings. The maximum Gasteiger partial charge on any atom is 0.194 e. The zero-order valence-electron chi connectivity index (χ0n) is 15.8. The molecule has 2 rings (SSSR count). The standard InChI is InChI=1S/C17H30N4O3S/c1-6-18-16(21-9-11-25(22,23)17(2,3)13-21)19-12-14(20(4)5)15-8-7-10-24-15/h7-8,10,14H,6,9,11-13H2,1-5H3,(H,18,19). The van der Waals surface area contributed by atoms with Gasteiger partial charge in [-0.3, -0.25) is 9.89 Å². The van der Waals surface area contributed by atoms with Crippen LogP contribution in [-0.2, 0) is 9.84 Å². The van der Waals surface area contributed by atoms with Crippen LogP contribution in [0.1, 0.15) is 32.6 Å². The lowest BCUT2D eigenvalue weighted by molar-refractivity contribution is 0.263. The van der Waals surface area contributed by atoms with Gasteiger partial charge in [0.25, 0.3) is 0 Å². The summed E-state index contributed by atoms with van der Waals surface area (Å²) in [5.74, 6) is 1.77. The fourth-order valence-corrected chi connectivity index (χ4v) is 4.28. The molecular formula is C17H30N4O3S. The Morgan fingerprint density at radius 1 is 1.48 bits per heavy atom. The van der Waals surface area contributed by atoms with Crippen LogP contribution in [0.15, 0.2) is 27.8 Å². The van der Waals surface area contributed by atoms with Crippen molar-refractivity contribution in [3.63, 3.8) is 0 Å². The van der Waals surface area contributed by atoms with Gasteiger partial charge in [-0.05, 0) is 47.0 Å². The molecule has 1 aromatic heterocycles. The summed E-state index contributed by atoms with van der Waals surface area (Å²) in [5, 5.41) is 3.29. The fourth-order valence-electron chi connectivity index (χ4n) is 2.91. The Balaban J connectivity index is 2.18. The van der Waals surface area contributed by atoms with Crippen LogP contribution in [0.4, 0.5) is 0 Å². The smallest absolute Gasteiger partial charge is 0.194 e. The molecule has 142 valence electrons. The first kappa shape index (κ1) is 19.8. The first-order valence-corrected chi connectivity index (χ1v) is 10.3. The van der Waals surface area contributed by atoms with E-state index in [4.69, 9.17) is 9.41 Å². The third-order valence-corrected chi connectivity index (χ3v) is 7.12. The average molecular weight is 371 g/mol. The second-order valence-corrected chi connectivity index (χ2v) is 9.93. The Morgan fingerprint density at radius 2 is 2.20 bits per heavy atom. The lowest BCUT2D eigenvalue weighted by Crippen LogP contribution is -2.57. The molecule has 1 N–H and O–H groups in total. The predicted octanol–water partition coefficient (Wildman–Crippen LogP) is 1.36. The van der Waals surface area contributed by atoms with Gasteiger partial charge in [0, 0.05) is 19.6 Å². The molecule has 1 unspecified atom stereocenters. The van der Waals surface area contributed by atoms with E-state index in [0.29, 0.717) is 19.6 Å². The van der Waals surface area contributed by atoms with Crippen LogP contribution < -0.4 is 5.32 Å². The Labute approximate surface area is 151 Å². The van der Waals surface area contributed by atoms with E-state index in [9.17, 15) is 8.42 Å². The lowest BCUT2D eigenvalue weighted by atomic mass is 10.2. The number of likely N-dealkylation sites (N-methyl/N-ethyl adjacent to an activating group) is 1. The maximum absolute atomic E-state index is 12.2. The molecule has 1 aromatic rings. The van der Waals surface area contributed by atoms with Gasteiger partial charge in [-0.25, -0.2) is 8.42 Å². The highest BCUT2D eigenvalue weighted by Gasteiger charge is 2.41. The minimum absolute atomic E-state index is 0.0326. The highest BCUT2D eigenvalue weighted by molar-refractivity contribution is 7.92. The van der Waals surface area contributed by atoms with Crippen LogP contribution in [0.3, 0.4) is 0 Å². The fraction of sp³-hybridized carbons (Fsp3) is 0.706. The molecule has 0 radical (unpaired) electrons. The number of sulfone groups is 1. The average Bonchev–Trinajstić information content (AvgIpc) is 3.03. The summed E-state index contributed by atoms with van der Waals surface area (Å²) in [5.41, 5.74) is 0. The number of nitrogens with zero attached hydrogens (tertiary/aromatic N) is 3. The van der Waals surface area contributed by atoms with E-state index in [1.165, 1.54) is 0 Å². The molecule has 0 aromatic carbocycles. The molecule has 0 saturated carbocycles. The van der Waals surface area contributed by atoms with Crippen LogP contribution in [0.2, 0.25) is 0 Å². The number of nitrogens with one attached hydrogen (secondary N) is 1. The van der Waals surface area contributed by atoms with Gasteiger partial charge < -0.3 is 14.6 Å². The molecule has 0 amide bonds. The maximum atomic E-state index is 12.2. The third kappa shape index (κ3) is 4.55. The summed E-state index contributed by atoms with van der Waals surface area (Å²) < 4.78 is 29.2. The molecule has 1 aliphatic heterocycles. The van der Waals surface area contributed by atoms with Crippen molar-refractivity contribution in [1.29, 1.82) is 0 Å². The van der Waals surface area contributed by atoms with E-state index in [1.807, 2.05) is 38.1 Å². The zero-order chi connectivity index (χ0) is 18.7. The molecule has 0 bridgehead atoms. The van der Waals surface area contributed by atoms with Crippen molar-refractivity contribution in [3.8, 4) is 0 Å². The quantitative estimate of drug-likeness (QED) is 0.623. The van der Waals surface area contributed by atoms with Crippen LogP contribution in [-0.4, -0.2) is 75.0 Å². The van der Waals surface area contributed by atoms with Gasteiger partial charge in [0.05, 0.1) is 29.3 Å². The highest BCUT2D eigenvalue weighted by atomic mass is 32.2. The van der Waals surface area contributed by atoms with Crippen molar-refractivity contribution in [2.45, 2.75) is 31.6 Å². The van der Waals surface area contributed by atoms with E-state index in [1.54, 1.807) is 20.1 Å². The summed E-state index contributed by atoms with van der Waals surface area (Å²) in [6.45, 7) is 7.74. The van der Waals surface area contributed by atoms with Gasteiger partial charge in [0.2, 0.25) is 0 Å². The predicted molar refractivity (Wildman–Crippen MR) is 101 cm³/mol. The van der Waals surface area contributed by atoms with Gasteiger partial charge in [-0.2, -0.15) is 0 Å². The van der Waals surface area contributed by atoms with Crippen molar-refractivity contribution in [2.24, 2.45) is 4.99 Å². The number of furan rings is 1. The minimum Gasteiger partial charge on any atom is -0.468 e. The first-order chi connectivity index (χ1) is 11.7. The second kappa shape index (κ2) is 7.78. The molecule has 25 heavy (non-hydrogen) atoms. The van der Waals surface area contributed by atoms with Gasteiger partial charge in [0.15, 0.2) is 15.8 Å². The van der Waals surface area contributed by atoms with Crippen LogP contribution in [0, 0.1) is 0 Å². The van der Waals surface area contributed by atoms with Crippen LogP contribution >= 0.6 is 0 Å². The first-order valence-electron chi connectivity index (χ1n) is 8.63. The minimum atomic E-state index is -3.07. The summed E-state index contributed by atoms with van der Waals surface area (Å²) >= 11 is 0. The largest absolute Gasteiger partial charge is 0.468 e. The topological polar surface area (TPSA) is 78.2 Å².